The van der Waals surface area contributed by atoms with Crippen LogP contribution in [0.4, 0.5) is 0 Å². The van der Waals surface area contributed by atoms with Crippen molar-refractivity contribution >= 4 is 11.0 Å². The lowest BCUT2D eigenvalue weighted by Gasteiger charge is -2.10. The standard InChI is InChI=1S/C17H16O4/c1-19-12-5-3-11(4-6-12)17(18)15-10-21-16-8-7-13(20-2)9-14(15)16/h3-10,17-18H,1-2H3/t17-/m1/s1. The van der Waals surface area contributed by atoms with Crippen LogP contribution in [-0.2, 0) is 0 Å². The van der Waals surface area contributed by atoms with Gasteiger partial charge < -0.3 is 19.0 Å². The van der Waals surface area contributed by atoms with Crippen molar-refractivity contribution in [1.29, 1.82) is 0 Å². The van der Waals surface area contributed by atoms with Crippen molar-refractivity contribution in [1.82, 2.24) is 0 Å². The normalized spacial score (nSPS) is 12.3. The number of hydrogen-bond acceptors (Lipinski definition) is 4. The second-order valence-corrected chi connectivity index (χ2v) is 4.73. The summed E-state index contributed by atoms with van der Waals surface area (Å²) in [6, 6.07) is 12.8. The van der Waals surface area contributed by atoms with Crippen molar-refractivity contribution < 1.29 is 19.0 Å². The number of methoxy groups -OCH3 is 2. The topological polar surface area (TPSA) is 51.8 Å². The lowest BCUT2D eigenvalue weighted by molar-refractivity contribution is 0.220. The molecular weight excluding hydrogens is 268 g/mol. The highest BCUT2D eigenvalue weighted by atomic mass is 16.5. The summed E-state index contributed by atoms with van der Waals surface area (Å²) in [5.74, 6) is 1.48. The Morgan fingerprint density at radius 1 is 0.952 bits per heavy atom. The molecule has 0 saturated heterocycles. The van der Waals surface area contributed by atoms with Crippen LogP contribution in [0.3, 0.4) is 0 Å². The molecule has 2 aromatic carbocycles. The van der Waals surface area contributed by atoms with E-state index in [1.807, 2.05) is 42.5 Å². The Hall–Kier alpha value is -2.46. The van der Waals surface area contributed by atoms with Crippen LogP contribution in [0, 0.1) is 0 Å². The Morgan fingerprint density at radius 3 is 2.29 bits per heavy atom. The molecule has 1 heterocycles. The number of ether oxygens (including phenoxy) is 2. The van der Waals surface area contributed by atoms with Crippen molar-refractivity contribution in [2.24, 2.45) is 0 Å². The summed E-state index contributed by atoms with van der Waals surface area (Å²) in [5.41, 5.74) is 2.22. The maximum Gasteiger partial charge on any atom is 0.134 e. The molecule has 0 radical (unpaired) electrons. The summed E-state index contributed by atoms with van der Waals surface area (Å²) in [4.78, 5) is 0. The van der Waals surface area contributed by atoms with Gasteiger partial charge in [-0.3, -0.25) is 0 Å². The molecule has 3 aromatic rings. The second-order valence-electron chi connectivity index (χ2n) is 4.73. The second kappa shape index (κ2) is 5.50. The van der Waals surface area contributed by atoms with Crippen LogP contribution in [0.15, 0.2) is 53.1 Å². The first-order valence-electron chi connectivity index (χ1n) is 6.60. The van der Waals surface area contributed by atoms with E-state index in [9.17, 15) is 5.11 Å². The molecule has 0 unspecified atom stereocenters. The summed E-state index contributed by atoms with van der Waals surface area (Å²) >= 11 is 0. The largest absolute Gasteiger partial charge is 0.497 e. The quantitative estimate of drug-likeness (QED) is 0.796. The van der Waals surface area contributed by atoms with E-state index in [-0.39, 0.29) is 0 Å². The maximum absolute atomic E-state index is 10.6. The van der Waals surface area contributed by atoms with E-state index < -0.39 is 6.10 Å². The van der Waals surface area contributed by atoms with Crippen LogP contribution >= 0.6 is 0 Å². The monoisotopic (exact) mass is 284 g/mol. The zero-order chi connectivity index (χ0) is 14.8. The molecule has 0 aliphatic rings. The van der Waals surface area contributed by atoms with E-state index in [1.54, 1.807) is 20.5 Å². The predicted molar refractivity (Wildman–Crippen MR) is 79.8 cm³/mol. The van der Waals surface area contributed by atoms with Crippen molar-refractivity contribution in [3.05, 3.63) is 59.9 Å². The van der Waals surface area contributed by atoms with Gasteiger partial charge >= 0.3 is 0 Å². The highest BCUT2D eigenvalue weighted by molar-refractivity contribution is 5.83. The maximum atomic E-state index is 10.6. The van der Waals surface area contributed by atoms with Gasteiger partial charge in [0.05, 0.1) is 20.5 Å². The molecule has 21 heavy (non-hydrogen) atoms. The SMILES string of the molecule is COc1ccc([C@@H](O)c2coc3ccc(OC)cc23)cc1. The van der Waals surface area contributed by atoms with E-state index in [1.165, 1.54) is 0 Å². The van der Waals surface area contributed by atoms with Crippen LogP contribution in [-0.4, -0.2) is 19.3 Å². The first-order chi connectivity index (χ1) is 10.2. The Morgan fingerprint density at radius 2 is 1.62 bits per heavy atom. The summed E-state index contributed by atoms with van der Waals surface area (Å²) in [6.07, 6.45) is 0.822. The van der Waals surface area contributed by atoms with E-state index in [4.69, 9.17) is 13.9 Å². The van der Waals surface area contributed by atoms with Gasteiger partial charge in [-0.25, -0.2) is 0 Å². The minimum absolute atomic E-state index is 0.717. The van der Waals surface area contributed by atoms with Crippen LogP contribution < -0.4 is 9.47 Å². The molecule has 4 heteroatoms. The van der Waals surface area contributed by atoms with Gasteiger partial charge in [0.15, 0.2) is 0 Å². The Kier molecular flexibility index (Phi) is 3.54. The molecule has 0 bridgehead atoms. The molecule has 0 fully saturated rings. The molecule has 4 nitrogen and oxygen atoms in total. The lowest BCUT2D eigenvalue weighted by atomic mass is 10.0. The molecule has 3 rings (SSSR count). The smallest absolute Gasteiger partial charge is 0.134 e. The summed E-state index contributed by atoms with van der Waals surface area (Å²) < 4.78 is 15.8. The number of rotatable bonds is 4. The Bertz CT molecular complexity index is 743. The molecule has 1 atom stereocenters. The summed E-state index contributed by atoms with van der Waals surface area (Å²) in [7, 11) is 3.22. The van der Waals surface area contributed by atoms with Crippen LogP contribution in [0.1, 0.15) is 17.2 Å². The average molecular weight is 284 g/mol. The zero-order valence-electron chi connectivity index (χ0n) is 11.9. The van der Waals surface area contributed by atoms with Gasteiger partial charge in [0.2, 0.25) is 0 Å². The van der Waals surface area contributed by atoms with Crippen molar-refractivity contribution in [2.75, 3.05) is 14.2 Å². The van der Waals surface area contributed by atoms with Crippen molar-refractivity contribution in [2.45, 2.75) is 6.10 Å². The van der Waals surface area contributed by atoms with Crippen LogP contribution in [0.5, 0.6) is 11.5 Å². The first-order valence-corrected chi connectivity index (χ1v) is 6.60. The molecule has 1 N–H and O–H groups in total. The Balaban J connectivity index is 2.01. The van der Waals surface area contributed by atoms with Crippen LogP contribution in [0.2, 0.25) is 0 Å². The predicted octanol–water partition coefficient (Wildman–Crippen LogP) is 3.53. The number of furan rings is 1. The summed E-state index contributed by atoms with van der Waals surface area (Å²) in [5, 5.41) is 11.4. The summed E-state index contributed by atoms with van der Waals surface area (Å²) in [6.45, 7) is 0. The molecule has 1 aromatic heterocycles. The molecule has 0 saturated carbocycles. The fourth-order valence-electron chi connectivity index (χ4n) is 2.33. The fourth-order valence-corrected chi connectivity index (χ4v) is 2.33. The number of fused-ring (bicyclic) bond motifs is 1. The third kappa shape index (κ3) is 2.45. The van der Waals surface area contributed by atoms with E-state index in [0.717, 1.165) is 28.0 Å². The van der Waals surface area contributed by atoms with Gasteiger partial charge in [0, 0.05) is 10.9 Å². The highest BCUT2D eigenvalue weighted by Crippen LogP contribution is 2.33. The van der Waals surface area contributed by atoms with Gasteiger partial charge in [0.1, 0.15) is 23.2 Å². The third-order valence-corrected chi connectivity index (χ3v) is 3.54. The van der Waals surface area contributed by atoms with Gasteiger partial charge in [-0.05, 0) is 35.9 Å². The zero-order valence-corrected chi connectivity index (χ0v) is 11.9. The minimum atomic E-state index is -0.760. The third-order valence-electron chi connectivity index (χ3n) is 3.54. The number of aliphatic hydroxyl groups is 1. The molecule has 0 spiro atoms. The minimum Gasteiger partial charge on any atom is -0.497 e. The van der Waals surface area contributed by atoms with E-state index in [2.05, 4.69) is 0 Å². The molecule has 108 valence electrons. The van der Waals surface area contributed by atoms with Crippen LogP contribution in [0.25, 0.3) is 11.0 Å². The van der Waals surface area contributed by atoms with E-state index >= 15 is 0 Å². The van der Waals surface area contributed by atoms with Gasteiger partial charge in [0.25, 0.3) is 0 Å². The average Bonchev–Trinajstić information content (AvgIpc) is 2.97. The number of benzene rings is 2. The van der Waals surface area contributed by atoms with E-state index in [0.29, 0.717) is 5.56 Å². The van der Waals surface area contributed by atoms with Gasteiger partial charge in [-0.1, -0.05) is 12.1 Å². The highest BCUT2D eigenvalue weighted by Gasteiger charge is 2.17. The molecular formula is C17H16O4. The number of aliphatic hydroxyl groups excluding tert-OH is 1. The molecule has 0 amide bonds. The molecule has 0 aliphatic heterocycles. The number of hydrogen-bond donors (Lipinski definition) is 1. The fraction of sp³-hybridized carbons (Fsp3) is 0.176. The lowest BCUT2D eigenvalue weighted by Crippen LogP contribution is -1.98. The van der Waals surface area contributed by atoms with Crippen molar-refractivity contribution in [3.63, 3.8) is 0 Å². The van der Waals surface area contributed by atoms with Crippen molar-refractivity contribution in [3.8, 4) is 11.5 Å². The first kappa shape index (κ1) is 13.5. The van der Waals surface area contributed by atoms with Gasteiger partial charge in [-0.15, -0.1) is 0 Å². The van der Waals surface area contributed by atoms with Gasteiger partial charge in [-0.2, -0.15) is 0 Å². The molecule has 0 aliphatic carbocycles. The Labute approximate surface area is 122 Å².